The lowest BCUT2D eigenvalue weighted by molar-refractivity contribution is -0.0578. The average Bonchev–Trinajstić information content (AvgIpc) is 2.93. The normalized spacial score (nSPS) is 10.6. The number of benzene rings is 1. The number of thiophene rings is 1. The van der Waals surface area contributed by atoms with Crippen LogP contribution < -0.4 is 5.73 Å². The third-order valence-corrected chi connectivity index (χ3v) is 5.07. The fourth-order valence-electron chi connectivity index (χ4n) is 1.54. The molecule has 0 spiro atoms. The summed E-state index contributed by atoms with van der Waals surface area (Å²) in [6, 6.07) is 10.8. The van der Waals surface area contributed by atoms with Crippen LogP contribution in [-0.2, 0) is 11.3 Å². The van der Waals surface area contributed by atoms with Gasteiger partial charge in [0.25, 0.3) is 0 Å². The summed E-state index contributed by atoms with van der Waals surface area (Å²) >= 11 is 9.15. The predicted octanol–water partition coefficient (Wildman–Crippen LogP) is 3.84. The Labute approximate surface area is 141 Å². The van der Waals surface area contributed by atoms with Gasteiger partial charge in [-0.3, -0.25) is 5.21 Å². The van der Waals surface area contributed by atoms with Crippen LogP contribution in [0.25, 0.3) is 0 Å². The van der Waals surface area contributed by atoms with Gasteiger partial charge in [-0.2, -0.15) is 0 Å². The number of halogens is 1. The topological polar surface area (TPSA) is 75.8 Å². The van der Waals surface area contributed by atoms with Crippen LogP contribution in [0.5, 0.6) is 0 Å². The van der Waals surface area contributed by atoms with Gasteiger partial charge in [-0.25, -0.2) is 9.86 Å². The first kappa shape index (κ1) is 17.1. The number of primary amides is 1. The molecule has 0 bridgehead atoms. The van der Waals surface area contributed by atoms with Crippen LogP contribution in [0.1, 0.15) is 4.88 Å². The van der Waals surface area contributed by atoms with Crippen molar-refractivity contribution in [2.75, 3.05) is 13.2 Å². The number of urea groups is 1. The minimum absolute atomic E-state index is 0.0487. The third kappa shape index (κ3) is 5.51. The van der Waals surface area contributed by atoms with Crippen molar-refractivity contribution in [2.24, 2.45) is 5.73 Å². The van der Waals surface area contributed by atoms with Gasteiger partial charge >= 0.3 is 6.03 Å². The largest absolute Gasteiger partial charge is 0.374 e. The quantitative estimate of drug-likeness (QED) is 0.448. The molecule has 0 radical (unpaired) electrons. The van der Waals surface area contributed by atoms with Crippen molar-refractivity contribution in [3.8, 4) is 0 Å². The van der Waals surface area contributed by atoms with Gasteiger partial charge in [-0.1, -0.05) is 23.4 Å². The molecule has 2 amide bonds. The van der Waals surface area contributed by atoms with Crippen molar-refractivity contribution in [1.82, 2.24) is 5.06 Å². The Hall–Kier alpha value is -1.25. The summed E-state index contributed by atoms with van der Waals surface area (Å²) < 4.78 is 6.55. The van der Waals surface area contributed by atoms with E-state index in [9.17, 15) is 4.79 Å². The maximum Gasteiger partial charge on any atom is 0.338 e. The van der Waals surface area contributed by atoms with E-state index in [-0.39, 0.29) is 13.2 Å². The van der Waals surface area contributed by atoms with Gasteiger partial charge in [0.1, 0.15) is 0 Å². The molecule has 0 fully saturated rings. The maximum absolute atomic E-state index is 10.6. The van der Waals surface area contributed by atoms with E-state index in [0.717, 1.165) is 19.0 Å². The van der Waals surface area contributed by atoms with E-state index in [1.807, 2.05) is 36.4 Å². The molecule has 2 aromatic rings. The van der Waals surface area contributed by atoms with Gasteiger partial charge in [0.05, 0.1) is 24.0 Å². The molecule has 1 aromatic heterocycles. The predicted molar refractivity (Wildman–Crippen MR) is 87.6 cm³/mol. The van der Waals surface area contributed by atoms with Crippen molar-refractivity contribution >= 4 is 40.7 Å². The number of carbonyl (C=O) groups is 1. The molecule has 22 heavy (non-hydrogen) atoms. The fraction of sp³-hybridized carbons (Fsp3) is 0.214. The summed E-state index contributed by atoms with van der Waals surface area (Å²) in [4.78, 5) is 12.8. The molecule has 0 saturated heterocycles. The van der Waals surface area contributed by atoms with Crippen molar-refractivity contribution in [1.29, 1.82) is 0 Å². The SMILES string of the molecule is NC(=O)N(O)CCOCc1ccc(Sc2ccc(Cl)cc2)s1. The second-order valence-electron chi connectivity index (χ2n) is 4.29. The van der Waals surface area contributed by atoms with Crippen LogP contribution in [0, 0.1) is 0 Å². The number of rotatable bonds is 7. The lowest BCUT2D eigenvalue weighted by Gasteiger charge is -2.11. The minimum Gasteiger partial charge on any atom is -0.374 e. The van der Waals surface area contributed by atoms with Crippen LogP contribution in [0.15, 0.2) is 45.5 Å². The molecule has 1 heterocycles. The highest BCUT2D eigenvalue weighted by Gasteiger charge is 2.06. The Morgan fingerprint density at radius 3 is 2.73 bits per heavy atom. The van der Waals surface area contributed by atoms with Gasteiger partial charge in [0, 0.05) is 14.8 Å². The van der Waals surface area contributed by atoms with E-state index in [4.69, 9.17) is 27.3 Å². The number of hydrogen-bond donors (Lipinski definition) is 2. The van der Waals surface area contributed by atoms with Crippen LogP contribution in [0.2, 0.25) is 5.02 Å². The van der Waals surface area contributed by atoms with Crippen molar-refractivity contribution in [2.45, 2.75) is 15.7 Å². The van der Waals surface area contributed by atoms with Gasteiger partial charge in [0.2, 0.25) is 0 Å². The summed E-state index contributed by atoms with van der Waals surface area (Å²) in [6.07, 6.45) is 0. The Bertz CT molecular complexity index is 619. The molecule has 0 unspecified atom stereocenters. The van der Waals surface area contributed by atoms with Crippen LogP contribution in [0.4, 0.5) is 4.79 Å². The van der Waals surface area contributed by atoms with Gasteiger partial charge in [-0.15, -0.1) is 11.3 Å². The molecule has 3 N–H and O–H groups in total. The summed E-state index contributed by atoms with van der Waals surface area (Å²) in [5.74, 6) is 0. The molecule has 2 rings (SSSR count). The Kier molecular flexibility index (Phi) is 6.53. The standard InChI is InChI=1S/C14H15ClN2O3S2/c15-10-1-3-11(4-2-10)21-13-6-5-12(22-13)9-20-8-7-17(19)14(16)18/h1-6,19H,7-9H2,(H2,16,18). The Morgan fingerprint density at radius 1 is 1.32 bits per heavy atom. The van der Waals surface area contributed by atoms with Crippen LogP contribution in [-0.4, -0.2) is 29.5 Å². The minimum atomic E-state index is -0.888. The Morgan fingerprint density at radius 2 is 2.05 bits per heavy atom. The van der Waals surface area contributed by atoms with Gasteiger partial charge < -0.3 is 10.5 Å². The first-order chi connectivity index (χ1) is 10.5. The summed E-state index contributed by atoms with van der Waals surface area (Å²) in [5, 5.41) is 10.2. The molecule has 1 aromatic carbocycles. The molecule has 0 saturated carbocycles. The number of nitrogens with two attached hydrogens (primary N) is 1. The number of hydrogen-bond acceptors (Lipinski definition) is 5. The number of hydroxylamine groups is 2. The van der Waals surface area contributed by atoms with Gasteiger partial charge in [-0.05, 0) is 36.4 Å². The van der Waals surface area contributed by atoms with Crippen molar-refractivity contribution in [3.63, 3.8) is 0 Å². The summed E-state index contributed by atoms with van der Waals surface area (Å²) in [6.45, 7) is 0.697. The zero-order valence-electron chi connectivity index (χ0n) is 11.6. The monoisotopic (exact) mass is 358 g/mol. The molecule has 0 aliphatic heterocycles. The fourth-order valence-corrected chi connectivity index (χ4v) is 3.76. The molecule has 0 atom stereocenters. The molecule has 5 nitrogen and oxygen atoms in total. The zero-order valence-corrected chi connectivity index (χ0v) is 14.0. The van der Waals surface area contributed by atoms with Gasteiger partial charge in [0.15, 0.2) is 0 Å². The number of ether oxygens (including phenoxy) is 1. The average molecular weight is 359 g/mol. The highest BCUT2D eigenvalue weighted by molar-refractivity contribution is 8.01. The second kappa shape index (κ2) is 8.40. The number of amides is 2. The van der Waals surface area contributed by atoms with E-state index < -0.39 is 6.03 Å². The second-order valence-corrected chi connectivity index (χ2v) is 7.27. The maximum atomic E-state index is 10.6. The molecule has 8 heteroatoms. The molecule has 0 aliphatic rings. The smallest absolute Gasteiger partial charge is 0.338 e. The molecular formula is C14H15ClN2O3S2. The zero-order chi connectivity index (χ0) is 15.9. The molecule has 118 valence electrons. The highest BCUT2D eigenvalue weighted by atomic mass is 35.5. The lowest BCUT2D eigenvalue weighted by atomic mass is 10.4. The third-order valence-electron chi connectivity index (χ3n) is 2.62. The molecule has 0 aliphatic carbocycles. The van der Waals surface area contributed by atoms with Crippen molar-refractivity contribution in [3.05, 3.63) is 46.3 Å². The number of nitrogens with zero attached hydrogens (tertiary/aromatic N) is 1. The van der Waals surface area contributed by atoms with E-state index in [1.165, 1.54) is 0 Å². The first-order valence-corrected chi connectivity index (χ1v) is 8.41. The van der Waals surface area contributed by atoms with E-state index >= 15 is 0 Å². The number of carbonyl (C=O) groups excluding carboxylic acids is 1. The van der Waals surface area contributed by atoms with Crippen LogP contribution >= 0.6 is 34.7 Å². The van der Waals surface area contributed by atoms with E-state index in [1.54, 1.807) is 23.1 Å². The van der Waals surface area contributed by atoms with E-state index in [0.29, 0.717) is 11.7 Å². The Balaban J connectivity index is 1.76. The lowest BCUT2D eigenvalue weighted by Crippen LogP contribution is -2.35. The van der Waals surface area contributed by atoms with Crippen molar-refractivity contribution < 1.29 is 14.7 Å². The van der Waals surface area contributed by atoms with E-state index in [2.05, 4.69) is 0 Å². The van der Waals surface area contributed by atoms with Crippen LogP contribution in [0.3, 0.4) is 0 Å². The molecular weight excluding hydrogens is 344 g/mol. The summed E-state index contributed by atoms with van der Waals surface area (Å²) in [5.41, 5.74) is 4.89. The first-order valence-electron chi connectivity index (χ1n) is 6.40. The highest BCUT2D eigenvalue weighted by Crippen LogP contribution is 2.34. The summed E-state index contributed by atoms with van der Waals surface area (Å²) in [7, 11) is 0.